The van der Waals surface area contributed by atoms with Crippen LogP contribution in [0.25, 0.3) is 0 Å². The number of hydrogen-bond donors (Lipinski definition) is 0. The van der Waals surface area contributed by atoms with E-state index in [0.717, 1.165) is 37.7 Å². The van der Waals surface area contributed by atoms with Crippen LogP contribution in [0.15, 0.2) is 53.4 Å². The Morgan fingerprint density at radius 3 is 2.25 bits per heavy atom. The number of benzene rings is 2. The molecule has 0 aromatic heterocycles. The highest BCUT2D eigenvalue weighted by atomic mass is 32.2. The monoisotopic (exact) mass is 402 g/mol. The third kappa shape index (κ3) is 3.33. The number of rotatable bonds is 4. The van der Waals surface area contributed by atoms with Gasteiger partial charge in [-0.25, -0.2) is 12.8 Å². The zero-order valence-electron chi connectivity index (χ0n) is 15.3. The van der Waals surface area contributed by atoms with Gasteiger partial charge in [0.25, 0.3) is 0 Å². The van der Waals surface area contributed by atoms with Gasteiger partial charge in [0.2, 0.25) is 5.91 Å². The first-order valence-corrected chi connectivity index (χ1v) is 10.9. The molecule has 2 fully saturated rings. The quantitative estimate of drug-likeness (QED) is 0.577. The molecule has 2 aromatic rings. The average molecular weight is 402 g/mol. The molecule has 0 unspecified atom stereocenters. The Morgan fingerprint density at radius 1 is 0.964 bits per heavy atom. The number of halogens is 1. The van der Waals surface area contributed by atoms with Crippen molar-refractivity contribution in [3.05, 3.63) is 65.5 Å². The summed E-state index contributed by atoms with van der Waals surface area (Å²) in [6.07, 6.45) is 5.03. The van der Waals surface area contributed by atoms with E-state index in [-0.39, 0.29) is 28.2 Å². The first kappa shape index (κ1) is 19.1. The molecular formula is C21H21FNO4S-. The minimum Gasteiger partial charge on any atom is -0.744 e. The van der Waals surface area contributed by atoms with Crippen molar-refractivity contribution in [2.24, 2.45) is 0 Å². The number of nitrogens with zero attached hydrogens (tertiary/aromatic N) is 1. The van der Waals surface area contributed by atoms with Crippen LogP contribution in [0.4, 0.5) is 4.39 Å². The molecule has 148 valence electrons. The van der Waals surface area contributed by atoms with Gasteiger partial charge in [0.1, 0.15) is 15.9 Å². The van der Waals surface area contributed by atoms with Crippen molar-refractivity contribution in [3.8, 4) is 0 Å². The summed E-state index contributed by atoms with van der Waals surface area (Å²) in [4.78, 5) is 14.6. The van der Waals surface area contributed by atoms with Crippen LogP contribution in [0.1, 0.15) is 55.2 Å². The SMILES string of the molecule is O=C1[C@H](c2ccccc2S(=O)(=O)[O-])[C@@H](c2ccc(F)cc2)N1C1CCCCC1. The molecule has 28 heavy (non-hydrogen) atoms. The second kappa shape index (κ2) is 7.29. The van der Waals surface area contributed by atoms with Gasteiger partial charge in [0.15, 0.2) is 0 Å². The summed E-state index contributed by atoms with van der Waals surface area (Å²) in [5.74, 6) is -1.30. The van der Waals surface area contributed by atoms with Gasteiger partial charge >= 0.3 is 0 Å². The molecule has 1 aliphatic carbocycles. The number of likely N-dealkylation sites (tertiary alicyclic amines) is 1. The highest BCUT2D eigenvalue weighted by Gasteiger charge is 2.52. The van der Waals surface area contributed by atoms with E-state index >= 15 is 0 Å². The van der Waals surface area contributed by atoms with E-state index in [4.69, 9.17) is 0 Å². The van der Waals surface area contributed by atoms with Crippen molar-refractivity contribution in [1.29, 1.82) is 0 Å². The molecule has 2 aromatic carbocycles. The molecule has 0 bridgehead atoms. The van der Waals surface area contributed by atoms with Crippen molar-refractivity contribution in [2.45, 2.75) is 55.0 Å². The van der Waals surface area contributed by atoms with E-state index < -0.39 is 22.1 Å². The first-order valence-electron chi connectivity index (χ1n) is 9.50. The molecule has 1 aliphatic heterocycles. The second-order valence-electron chi connectivity index (χ2n) is 7.50. The van der Waals surface area contributed by atoms with Gasteiger partial charge in [0, 0.05) is 6.04 Å². The van der Waals surface area contributed by atoms with E-state index in [1.807, 2.05) is 4.90 Å². The summed E-state index contributed by atoms with van der Waals surface area (Å²) >= 11 is 0. The van der Waals surface area contributed by atoms with Crippen LogP contribution >= 0.6 is 0 Å². The van der Waals surface area contributed by atoms with Crippen LogP contribution in [0.3, 0.4) is 0 Å². The van der Waals surface area contributed by atoms with Crippen molar-refractivity contribution in [1.82, 2.24) is 4.90 Å². The lowest BCUT2D eigenvalue weighted by molar-refractivity contribution is -0.156. The van der Waals surface area contributed by atoms with E-state index in [9.17, 15) is 22.2 Å². The summed E-state index contributed by atoms with van der Waals surface area (Å²) in [6, 6.07) is 11.5. The largest absolute Gasteiger partial charge is 0.744 e. The van der Waals surface area contributed by atoms with Gasteiger partial charge in [0.05, 0.1) is 16.9 Å². The second-order valence-corrected chi connectivity index (χ2v) is 8.85. The zero-order chi connectivity index (χ0) is 19.9. The van der Waals surface area contributed by atoms with Crippen LogP contribution in [0, 0.1) is 5.82 Å². The van der Waals surface area contributed by atoms with Crippen molar-refractivity contribution in [2.75, 3.05) is 0 Å². The minimum absolute atomic E-state index is 0.0866. The maximum Gasteiger partial charge on any atom is 0.233 e. The summed E-state index contributed by atoms with van der Waals surface area (Å²) in [6.45, 7) is 0. The molecule has 0 spiro atoms. The molecule has 7 heteroatoms. The molecule has 5 nitrogen and oxygen atoms in total. The van der Waals surface area contributed by atoms with Gasteiger partial charge in [-0.1, -0.05) is 49.6 Å². The molecule has 1 saturated carbocycles. The normalized spacial score (nSPS) is 23.5. The van der Waals surface area contributed by atoms with Crippen LogP contribution in [0.5, 0.6) is 0 Å². The Labute approximate surface area is 163 Å². The first-order chi connectivity index (χ1) is 13.4. The van der Waals surface area contributed by atoms with Crippen molar-refractivity contribution < 1.29 is 22.2 Å². The molecule has 1 amide bonds. The fraction of sp³-hybridized carbons (Fsp3) is 0.381. The topological polar surface area (TPSA) is 77.5 Å². The Bertz CT molecular complexity index is 984. The lowest BCUT2D eigenvalue weighted by Crippen LogP contribution is -2.58. The lowest BCUT2D eigenvalue weighted by Gasteiger charge is -2.53. The molecule has 0 radical (unpaired) electrons. The van der Waals surface area contributed by atoms with Gasteiger partial charge in [-0.3, -0.25) is 4.79 Å². The maximum absolute atomic E-state index is 13.4. The Morgan fingerprint density at radius 2 is 1.61 bits per heavy atom. The summed E-state index contributed by atoms with van der Waals surface area (Å²) in [5.41, 5.74) is 0.971. The highest BCUT2D eigenvalue weighted by molar-refractivity contribution is 7.85. The van der Waals surface area contributed by atoms with Crippen LogP contribution < -0.4 is 0 Å². The summed E-state index contributed by atoms with van der Waals surface area (Å²) in [5, 5.41) is 0. The number of hydrogen-bond acceptors (Lipinski definition) is 4. The smallest absolute Gasteiger partial charge is 0.233 e. The van der Waals surface area contributed by atoms with Crippen LogP contribution in [-0.2, 0) is 14.9 Å². The van der Waals surface area contributed by atoms with Crippen molar-refractivity contribution in [3.63, 3.8) is 0 Å². The third-order valence-corrected chi connectivity index (χ3v) is 6.75. The van der Waals surface area contributed by atoms with Crippen LogP contribution in [-0.4, -0.2) is 29.8 Å². The van der Waals surface area contributed by atoms with E-state index in [0.29, 0.717) is 0 Å². The number of carbonyl (C=O) groups is 1. The third-order valence-electron chi connectivity index (χ3n) is 5.84. The standard InChI is InChI=1S/C21H22FNO4S/c22-15-12-10-14(11-13-15)20-19(17-8-4-5-9-18(17)28(25,26)27)21(24)23(20)16-6-2-1-3-7-16/h4-5,8-13,16,19-20H,1-3,6-7H2,(H,25,26,27)/p-1/t19-,20-/m1/s1. The van der Waals surface area contributed by atoms with Crippen LogP contribution in [0.2, 0.25) is 0 Å². The molecule has 1 heterocycles. The van der Waals surface area contributed by atoms with E-state index in [2.05, 4.69) is 0 Å². The zero-order valence-corrected chi connectivity index (χ0v) is 16.1. The molecule has 1 saturated heterocycles. The lowest BCUT2D eigenvalue weighted by atomic mass is 9.75. The summed E-state index contributed by atoms with van der Waals surface area (Å²) in [7, 11) is -4.71. The molecular weight excluding hydrogens is 381 g/mol. The predicted octanol–water partition coefficient (Wildman–Crippen LogP) is 3.73. The molecule has 4 rings (SSSR count). The Balaban J connectivity index is 1.78. The van der Waals surface area contributed by atoms with E-state index in [1.165, 1.54) is 30.3 Å². The fourth-order valence-electron chi connectivity index (χ4n) is 4.56. The van der Waals surface area contributed by atoms with Gasteiger partial charge in [-0.05, 0) is 42.2 Å². The highest BCUT2D eigenvalue weighted by Crippen LogP contribution is 2.50. The number of carbonyl (C=O) groups excluding carboxylic acids is 1. The van der Waals surface area contributed by atoms with Gasteiger partial charge in [-0.15, -0.1) is 0 Å². The molecule has 0 N–H and O–H groups in total. The van der Waals surface area contributed by atoms with Gasteiger partial charge < -0.3 is 9.45 Å². The Kier molecular flexibility index (Phi) is 4.97. The molecule has 2 atom stereocenters. The fourth-order valence-corrected chi connectivity index (χ4v) is 5.29. The molecule has 2 aliphatic rings. The van der Waals surface area contributed by atoms with Gasteiger partial charge in [-0.2, -0.15) is 0 Å². The average Bonchev–Trinajstić information content (AvgIpc) is 2.67. The summed E-state index contributed by atoms with van der Waals surface area (Å²) < 4.78 is 48.7. The number of β-lactam (4-membered cyclic amide) rings is 1. The minimum atomic E-state index is -4.71. The Hall–Kier alpha value is -2.25. The van der Waals surface area contributed by atoms with E-state index in [1.54, 1.807) is 18.2 Å². The maximum atomic E-state index is 13.4. The van der Waals surface area contributed by atoms with Crippen molar-refractivity contribution >= 4 is 16.0 Å². The number of amides is 1. The predicted molar refractivity (Wildman–Crippen MR) is 100 cm³/mol.